The molecule has 2 atom stereocenters. The molecule has 0 heterocycles. The number of nitrogens with zero attached hydrogens (tertiary/aromatic N) is 2. The fraction of sp³-hybridized carbons (Fsp3) is 0.368. The van der Waals surface area contributed by atoms with Crippen LogP contribution in [0.4, 0.5) is 5.69 Å². The minimum absolute atomic E-state index is 0.0146. The average Bonchev–Trinajstić information content (AvgIpc) is 2.61. The second kappa shape index (κ2) is 7.11. The molecule has 3 rings (SSSR count). The quantitative estimate of drug-likeness (QED) is 0.677. The number of aryl methyl sites for hydroxylation is 1. The summed E-state index contributed by atoms with van der Waals surface area (Å²) in [6.07, 6.45) is 2.37. The molecule has 0 bridgehead atoms. The van der Waals surface area contributed by atoms with Crippen LogP contribution >= 0.6 is 0 Å². The van der Waals surface area contributed by atoms with Crippen LogP contribution in [-0.2, 0) is 12.8 Å². The van der Waals surface area contributed by atoms with E-state index in [1.807, 2.05) is 7.05 Å². The molecule has 24 heavy (non-hydrogen) atoms. The predicted octanol–water partition coefficient (Wildman–Crippen LogP) is 3.12. The molecule has 0 spiro atoms. The maximum atomic E-state index is 10.9. The van der Waals surface area contributed by atoms with Gasteiger partial charge in [0.1, 0.15) is 0 Å². The van der Waals surface area contributed by atoms with Gasteiger partial charge in [0.2, 0.25) is 0 Å². The maximum Gasteiger partial charge on any atom is 0.269 e. The molecule has 0 aromatic heterocycles. The van der Waals surface area contributed by atoms with E-state index >= 15 is 0 Å². The van der Waals surface area contributed by atoms with Crippen LogP contribution in [0.3, 0.4) is 0 Å². The number of non-ortho nitro benzene ring substituents is 1. The molecule has 2 aromatic rings. The van der Waals surface area contributed by atoms with E-state index in [2.05, 4.69) is 29.2 Å². The molecule has 1 N–H and O–H groups in total. The molecule has 0 fully saturated rings. The van der Waals surface area contributed by atoms with E-state index in [0.29, 0.717) is 18.2 Å². The molecule has 0 saturated heterocycles. The van der Waals surface area contributed by atoms with Gasteiger partial charge in [0.25, 0.3) is 5.69 Å². The second-order valence-electron chi connectivity index (χ2n) is 6.47. The van der Waals surface area contributed by atoms with Crippen molar-refractivity contribution < 1.29 is 10.0 Å². The SMILES string of the molecule is CN(CC(O)c1cccc([N+](=O)[O-])c1)C1CCc2ccccc2C1. The fourth-order valence-electron chi connectivity index (χ4n) is 3.43. The third-order valence-corrected chi connectivity index (χ3v) is 4.87. The molecule has 126 valence electrons. The van der Waals surface area contributed by atoms with Gasteiger partial charge in [-0.3, -0.25) is 10.1 Å². The molecule has 0 amide bonds. The van der Waals surface area contributed by atoms with Gasteiger partial charge in [-0.2, -0.15) is 0 Å². The number of nitro benzene ring substituents is 1. The molecule has 0 aliphatic heterocycles. The Morgan fingerprint density at radius 2 is 2.00 bits per heavy atom. The molecule has 5 nitrogen and oxygen atoms in total. The normalized spacial score (nSPS) is 18.2. The zero-order valence-electron chi connectivity index (χ0n) is 13.8. The van der Waals surface area contributed by atoms with E-state index in [1.54, 1.807) is 12.1 Å². The van der Waals surface area contributed by atoms with Crippen LogP contribution < -0.4 is 0 Å². The summed E-state index contributed by atoms with van der Waals surface area (Å²) < 4.78 is 0. The Labute approximate surface area is 141 Å². The summed E-state index contributed by atoms with van der Waals surface area (Å²) in [4.78, 5) is 12.6. The zero-order valence-corrected chi connectivity index (χ0v) is 13.8. The summed E-state index contributed by atoms with van der Waals surface area (Å²) in [5, 5.41) is 21.3. The van der Waals surface area contributed by atoms with Crippen LogP contribution in [0.5, 0.6) is 0 Å². The van der Waals surface area contributed by atoms with Crippen molar-refractivity contribution >= 4 is 5.69 Å². The van der Waals surface area contributed by atoms with Crippen LogP contribution in [-0.4, -0.2) is 34.6 Å². The third kappa shape index (κ3) is 3.63. The lowest BCUT2D eigenvalue weighted by atomic mass is 9.87. The van der Waals surface area contributed by atoms with Crippen molar-refractivity contribution in [3.8, 4) is 0 Å². The number of aliphatic hydroxyl groups excluding tert-OH is 1. The van der Waals surface area contributed by atoms with Gasteiger partial charge < -0.3 is 10.0 Å². The lowest BCUT2D eigenvalue weighted by Crippen LogP contribution is -2.38. The third-order valence-electron chi connectivity index (χ3n) is 4.87. The van der Waals surface area contributed by atoms with E-state index in [9.17, 15) is 15.2 Å². The maximum absolute atomic E-state index is 10.9. The highest BCUT2D eigenvalue weighted by Gasteiger charge is 2.24. The highest BCUT2D eigenvalue weighted by Crippen LogP contribution is 2.26. The van der Waals surface area contributed by atoms with Gasteiger partial charge in [-0.05, 0) is 43.0 Å². The molecule has 0 radical (unpaired) electrons. The van der Waals surface area contributed by atoms with Gasteiger partial charge in [0.05, 0.1) is 11.0 Å². The van der Waals surface area contributed by atoms with Crippen molar-refractivity contribution in [2.45, 2.75) is 31.4 Å². The van der Waals surface area contributed by atoms with Crippen molar-refractivity contribution in [3.63, 3.8) is 0 Å². The van der Waals surface area contributed by atoms with Crippen molar-refractivity contribution in [1.29, 1.82) is 0 Å². The number of benzene rings is 2. The Bertz CT molecular complexity index is 732. The predicted molar refractivity (Wildman–Crippen MR) is 92.9 cm³/mol. The lowest BCUT2D eigenvalue weighted by Gasteiger charge is -2.33. The smallest absolute Gasteiger partial charge is 0.269 e. The molecular weight excluding hydrogens is 304 g/mol. The van der Waals surface area contributed by atoms with Crippen LogP contribution in [0.1, 0.15) is 29.2 Å². The zero-order chi connectivity index (χ0) is 17.1. The van der Waals surface area contributed by atoms with Gasteiger partial charge in [0.15, 0.2) is 0 Å². The number of hydrogen-bond acceptors (Lipinski definition) is 4. The van der Waals surface area contributed by atoms with Crippen LogP contribution in [0.15, 0.2) is 48.5 Å². The van der Waals surface area contributed by atoms with Gasteiger partial charge >= 0.3 is 0 Å². The molecule has 5 heteroatoms. The summed E-state index contributed by atoms with van der Waals surface area (Å²) in [5.74, 6) is 0. The Morgan fingerprint density at radius 1 is 1.25 bits per heavy atom. The monoisotopic (exact) mass is 326 g/mol. The van der Waals surface area contributed by atoms with Crippen molar-refractivity contribution in [2.75, 3.05) is 13.6 Å². The largest absolute Gasteiger partial charge is 0.387 e. The van der Waals surface area contributed by atoms with Crippen molar-refractivity contribution in [1.82, 2.24) is 4.90 Å². The number of likely N-dealkylation sites (N-methyl/N-ethyl adjacent to an activating group) is 1. The summed E-state index contributed by atoms with van der Waals surface area (Å²) in [5.41, 5.74) is 3.40. The molecule has 1 aliphatic rings. The Hall–Kier alpha value is -2.24. The average molecular weight is 326 g/mol. The molecular formula is C19H22N2O3. The van der Waals surface area contributed by atoms with E-state index < -0.39 is 11.0 Å². The van der Waals surface area contributed by atoms with E-state index in [-0.39, 0.29) is 5.69 Å². The highest BCUT2D eigenvalue weighted by atomic mass is 16.6. The first kappa shape index (κ1) is 16.6. The molecule has 1 aliphatic carbocycles. The Morgan fingerprint density at radius 3 is 2.75 bits per heavy atom. The van der Waals surface area contributed by atoms with Crippen LogP contribution in [0.25, 0.3) is 0 Å². The van der Waals surface area contributed by atoms with Gasteiger partial charge in [-0.15, -0.1) is 0 Å². The van der Waals surface area contributed by atoms with E-state index in [0.717, 1.165) is 19.3 Å². The number of aliphatic hydroxyl groups is 1. The first-order valence-electron chi connectivity index (χ1n) is 8.24. The van der Waals surface area contributed by atoms with Gasteiger partial charge in [0, 0.05) is 24.7 Å². The minimum Gasteiger partial charge on any atom is -0.387 e. The van der Waals surface area contributed by atoms with E-state index in [4.69, 9.17) is 0 Å². The van der Waals surface area contributed by atoms with Crippen LogP contribution in [0.2, 0.25) is 0 Å². The highest BCUT2D eigenvalue weighted by molar-refractivity contribution is 5.35. The van der Waals surface area contributed by atoms with Gasteiger partial charge in [-0.25, -0.2) is 0 Å². The molecule has 2 aromatic carbocycles. The van der Waals surface area contributed by atoms with Crippen LogP contribution in [0, 0.1) is 10.1 Å². The fourth-order valence-corrected chi connectivity index (χ4v) is 3.43. The number of rotatable bonds is 5. The topological polar surface area (TPSA) is 66.6 Å². The minimum atomic E-state index is -0.730. The number of nitro groups is 1. The summed E-state index contributed by atoms with van der Waals surface area (Å²) in [6.45, 7) is 0.466. The summed E-state index contributed by atoms with van der Waals surface area (Å²) >= 11 is 0. The lowest BCUT2D eigenvalue weighted by molar-refractivity contribution is -0.385. The number of fused-ring (bicyclic) bond motifs is 1. The summed E-state index contributed by atoms with van der Waals surface area (Å²) in [6, 6.07) is 15.1. The summed E-state index contributed by atoms with van der Waals surface area (Å²) in [7, 11) is 2.01. The molecule has 0 saturated carbocycles. The standard InChI is InChI=1S/C19H22N2O3/c1-20(17-10-9-14-5-2-3-6-15(14)11-17)13-19(22)16-7-4-8-18(12-16)21(23)24/h2-8,12,17,19,22H,9-11,13H2,1H3. The van der Waals surface area contributed by atoms with Crippen molar-refractivity contribution in [2.24, 2.45) is 0 Å². The Balaban J connectivity index is 1.65. The second-order valence-corrected chi connectivity index (χ2v) is 6.47. The first-order chi connectivity index (χ1) is 11.5. The Kier molecular flexibility index (Phi) is 4.92. The first-order valence-corrected chi connectivity index (χ1v) is 8.24. The van der Waals surface area contributed by atoms with Crippen molar-refractivity contribution in [3.05, 3.63) is 75.3 Å². The van der Waals surface area contributed by atoms with Gasteiger partial charge in [-0.1, -0.05) is 36.4 Å². The number of hydrogen-bond donors (Lipinski definition) is 1. The molecule has 2 unspecified atom stereocenters. The van der Waals surface area contributed by atoms with E-state index in [1.165, 1.54) is 23.3 Å².